The molecule has 0 radical (unpaired) electrons. The molecule has 4 atom stereocenters. The number of carbonyl (C=O) groups is 2. The number of carboxylic acid groups (broad SMARTS) is 1. The summed E-state index contributed by atoms with van der Waals surface area (Å²) >= 11 is 6.17. The second-order valence-electron chi connectivity index (χ2n) is 11.3. The molecule has 0 bridgehead atoms. The molecule has 1 aliphatic carbocycles. The maximum absolute atomic E-state index is 14.1. The SMILES string of the molecule is COc1cc(Cl)ccc1CN[C@@H]1[C@@H](C(C)(C)C)[C@H](C(=O)O)N(C(=O)C2CCCCC2)[C@@H]1c1ccccn1. The van der Waals surface area contributed by atoms with Gasteiger partial charge in [0.1, 0.15) is 11.8 Å². The molecule has 1 saturated heterocycles. The summed E-state index contributed by atoms with van der Waals surface area (Å²) in [4.78, 5) is 33.3. The van der Waals surface area contributed by atoms with E-state index in [9.17, 15) is 14.7 Å². The number of carbonyl (C=O) groups excluding carboxylic acids is 1. The molecular formula is C29H38ClN3O4. The van der Waals surface area contributed by atoms with E-state index in [4.69, 9.17) is 16.3 Å². The summed E-state index contributed by atoms with van der Waals surface area (Å²) in [6.45, 7) is 6.58. The number of amides is 1. The van der Waals surface area contributed by atoms with Gasteiger partial charge in [0.15, 0.2) is 0 Å². The number of likely N-dealkylation sites (tertiary alicyclic amines) is 1. The lowest BCUT2D eigenvalue weighted by molar-refractivity contribution is -0.154. The fourth-order valence-electron chi connectivity index (χ4n) is 6.24. The topological polar surface area (TPSA) is 91.8 Å². The normalized spacial score (nSPS) is 24.7. The standard InChI is InChI=1S/C29H38ClN3O4/c1-29(2,3)23-24(32-17-19-13-14-20(30)16-22(19)37-4)25(21-12-8-9-15-31-21)33(26(23)28(35)36)27(34)18-10-6-5-7-11-18/h8-9,12-16,18,23-26,32H,5-7,10-11,17H2,1-4H3,(H,35,36)/t23-,24-,25-,26-/m1/s1. The molecule has 1 aromatic heterocycles. The van der Waals surface area contributed by atoms with Crippen LogP contribution in [0.15, 0.2) is 42.6 Å². The highest BCUT2D eigenvalue weighted by atomic mass is 35.5. The van der Waals surface area contributed by atoms with Crippen LogP contribution in [0, 0.1) is 17.3 Å². The van der Waals surface area contributed by atoms with E-state index < -0.39 is 23.5 Å². The molecule has 2 aromatic rings. The highest BCUT2D eigenvalue weighted by Crippen LogP contribution is 2.49. The number of benzene rings is 1. The van der Waals surface area contributed by atoms with Gasteiger partial charge in [0, 0.05) is 41.2 Å². The van der Waals surface area contributed by atoms with Crippen LogP contribution >= 0.6 is 11.6 Å². The van der Waals surface area contributed by atoms with Gasteiger partial charge < -0.3 is 20.1 Å². The molecule has 4 rings (SSSR count). The minimum absolute atomic E-state index is 0.0645. The Morgan fingerprint density at radius 3 is 2.49 bits per heavy atom. The zero-order valence-corrected chi connectivity index (χ0v) is 22.9. The number of ether oxygens (including phenoxy) is 1. The van der Waals surface area contributed by atoms with Crippen molar-refractivity contribution >= 4 is 23.5 Å². The first-order chi connectivity index (χ1) is 17.6. The highest BCUT2D eigenvalue weighted by Gasteiger charge is 2.58. The largest absolute Gasteiger partial charge is 0.496 e. The maximum atomic E-state index is 14.1. The Morgan fingerprint density at radius 2 is 1.89 bits per heavy atom. The van der Waals surface area contributed by atoms with E-state index in [1.54, 1.807) is 24.3 Å². The first-order valence-corrected chi connectivity index (χ1v) is 13.5. The van der Waals surface area contributed by atoms with Crippen LogP contribution in [0.2, 0.25) is 5.02 Å². The summed E-state index contributed by atoms with van der Waals surface area (Å²) in [5.74, 6) is -0.895. The van der Waals surface area contributed by atoms with E-state index in [0.29, 0.717) is 23.0 Å². The summed E-state index contributed by atoms with van der Waals surface area (Å²) in [7, 11) is 1.60. The molecule has 1 amide bonds. The molecule has 37 heavy (non-hydrogen) atoms. The van der Waals surface area contributed by atoms with Gasteiger partial charge in [-0.2, -0.15) is 0 Å². The van der Waals surface area contributed by atoms with Gasteiger partial charge in [-0.3, -0.25) is 9.78 Å². The van der Waals surface area contributed by atoms with Crippen LogP contribution in [0.4, 0.5) is 0 Å². The maximum Gasteiger partial charge on any atom is 0.326 e. The van der Waals surface area contributed by atoms with Crippen molar-refractivity contribution in [3.63, 3.8) is 0 Å². The third kappa shape index (κ3) is 5.78. The van der Waals surface area contributed by atoms with Gasteiger partial charge in [0.25, 0.3) is 0 Å². The minimum atomic E-state index is -0.974. The number of aliphatic carboxylic acids is 1. The average Bonchev–Trinajstić information content (AvgIpc) is 3.24. The van der Waals surface area contributed by atoms with Gasteiger partial charge in [-0.25, -0.2) is 4.79 Å². The molecule has 2 N–H and O–H groups in total. The van der Waals surface area contributed by atoms with Crippen LogP contribution in [0.25, 0.3) is 0 Å². The molecule has 2 fully saturated rings. The Labute approximate surface area is 224 Å². The third-order valence-electron chi connectivity index (χ3n) is 7.90. The summed E-state index contributed by atoms with van der Waals surface area (Å²) in [5, 5.41) is 14.8. The summed E-state index contributed by atoms with van der Waals surface area (Å²) < 4.78 is 5.55. The molecule has 1 aromatic carbocycles. The van der Waals surface area contributed by atoms with Gasteiger partial charge >= 0.3 is 5.97 Å². The second kappa shape index (κ2) is 11.4. The quantitative estimate of drug-likeness (QED) is 0.495. The van der Waals surface area contributed by atoms with Crippen LogP contribution in [0.1, 0.15) is 70.2 Å². The summed E-state index contributed by atoms with van der Waals surface area (Å²) in [5.41, 5.74) is 1.20. The lowest BCUT2D eigenvalue weighted by atomic mass is 9.72. The lowest BCUT2D eigenvalue weighted by Gasteiger charge is -2.36. The molecule has 200 valence electrons. The van der Waals surface area contributed by atoms with E-state index >= 15 is 0 Å². The van der Waals surface area contributed by atoms with Crippen molar-refractivity contribution in [3.8, 4) is 5.75 Å². The Bertz CT molecular complexity index is 1100. The number of halogens is 1. The van der Waals surface area contributed by atoms with Crippen molar-refractivity contribution < 1.29 is 19.4 Å². The van der Waals surface area contributed by atoms with Gasteiger partial charge in [-0.1, -0.05) is 63.8 Å². The van der Waals surface area contributed by atoms with E-state index in [0.717, 1.165) is 37.7 Å². The number of hydrogen-bond donors (Lipinski definition) is 2. The fraction of sp³-hybridized carbons (Fsp3) is 0.552. The first kappa shape index (κ1) is 27.4. The molecule has 2 aliphatic rings. The van der Waals surface area contributed by atoms with E-state index in [1.807, 2.05) is 30.3 Å². The second-order valence-corrected chi connectivity index (χ2v) is 11.8. The zero-order chi connectivity index (χ0) is 26.7. The lowest BCUT2D eigenvalue weighted by Crippen LogP contribution is -2.49. The number of carboxylic acids is 1. The van der Waals surface area contributed by atoms with Crippen molar-refractivity contribution in [2.24, 2.45) is 17.3 Å². The predicted molar refractivity (Wildman–Crippen MR) is 143 cm³/mol. The van der Waals surface area contributed by atoms with Gasteiger partial charge in [-0.15, -0.1) is 0 Å². The fourth-order valence-corrected chi connectivity index (χ4v) is 6.40. The average molecular weight is 528 g/mol. The Kier molecular flexibility index (Phi) is 8.44. The smallest absolute Gasteiger partial charge is 0.326 e. The molecule has 0 spiro atoms. The van der Waals surface area contributed by atoms with Gasteiger partial charge in [0.05, 0.1) is 18.8 Å². The molecule has 2 heterocycles. The van der Waals surface area contributed by atoms with E-state index in [-0.39, 0.29) is 23.8 Å². The van der Waals surface area contributed by atoms with Crippen molar-refractivity contribution in [2.75, 3.05) is 7.11 Å². The number of nitrogens with zero attached hydrogens (tertiary/aromatic N) is 2. The third-order valence-corrected chi connectivity index (χ3v) is 8.13. The van der Waals surface area contributed by atoms with Crippen LogP contribution in [0.3, 0.4) is 0 Å². The van der Waals surface area contributed by atoms with Crippen molar-refractivity contribution in [1.82, 2.24) is 15.2 Å². The number of rotatable bonds is 7. The molecule has 1 aliphatic heterocycles. The number of hydrogen-bond acceptors (Lipinski definition) is 5. The first-order valence-electron chi connectivity index (χ1n) is 13.1. The molecule has 1 saturated carbocycles. The van der Waals surface area contributed by atoms with Crippen LogP contribution in [0.5, 0.6) is 5.75 Å². The highest BCUT2D eigenvalue weighted by molar-refractivity contribution is 6.30. The Morgan fingerprint density at radius 1 is 1.16 bits per heavy atom. The minimum Gasteiger partial charge on any atom is -0.496 e. The Hall–Kier alpha value is -2.64. The molecule has 8 heteroatoms. The molecular weight excluding hydrogens is 490 g/mol. The van der Waals surface area contributed by atoms with E-state index in [1.165, 1.54) is 0 Å². The van der Waals surface area contributed by atoms with Crippen molar-refractivity contribution in [3.05, 3.63) is 58.9 Å². The predicted octanol–water partition coefficient (Wildman–Crippen LogP) is 5.48. The van der Waals surface area contributed by atoms with E-state index in [2.05, 4.69) is 31.1 Å². The number of nitrogens with one attached hydrogen (secondary N) is 1. The van der Waals surface area contributed by atoms with Crippen LogP contribution < -0.4 is 10.1 Å². The number of aromatic nitrogens is 1. The summed E-state index contributed by atoms with van der Waals surface area (Å²) in [6, 6.07) is 9.29. The molecule has 0 unspecified atom stereocenters. The van der Waals surface area contributed by atoms with Crippen molar-refractivity contribution in [2.45, 2.75) is 77.5 Å². The Balaban J connectivity index is 1.79. The number of methoxy groups -OCH3 is 1. The van der Waals surface area contributed by atoms with Gasteiger partial charge in [0.2, 0.25) is 5.91 Å². The monoisotopic (exact) mass is 527 g/mol. The number of pyridine rings is 1. The van der Waals surface area contributed by atoms with Crippen LogP contribution in [-0.4, -0.2) is 46.1 Å². The molecule has 7 nitrogen and oxygen atoms in total. The van der Waals surface area contributed by atoms with Crippen molar-refractivity contribution in [1.29, 1.82) is 0 Å². The summed E-state index contributed by atoms with van der Waals surface area (Å²) in [6.07, 6.45) is 6.42. The van der Waals surface area contributed by atoms with Gasteiger partial charge in [-0.05, 0) is 42.5 Å². The van der Waals surface area contributed by atoms with Crippen LogP contribution in [-0.2, 0) is 16.1 Å². The zero-order valence-electron chi connectivity index (χ0n) is 22.1.